The number of aryl methyl sites for hydroxylation is 1. The largest absolute Gasteiger partial charge is 0.352 e. The summed E-state index contributed by atoms with van der Waals surface area (Å²) in [4.78, 5) is 28.6. The van der Waals surface area contributed by atoms with Crippen molar-refractivity contribution in [1.82, 2.24) is 10.2 Å². The number of hydrogen-bond acceptors (Lipinski definition) is 4. The van der Waals surface area contributed by atoms with Crippen LogP contribution >= 0.6 is 23.2 Å². The van der Waals surface area contributed by atoms with Crippen LogP contribution in [0, 0.1) is 6.92 Å². The highest BCUT2D eigenvalue weighted by molar-refractivity contribution is 7.92. The number of amides is 2. The third kappa shape index (κ3) is 7.53. The molecule has 0 bridgehead atoms. The Labute approximate surface area is 240 Å². The first-order valence-electron chi connectivity index (χ1n) is 12.6. The van der Waals surface area contributed by atoms with Crippen molar-refractivity contribution in [3.63, 3.8) is 0 Å². The Balaban J connectivity index is 2.09. The van der Waals surface area contributed by atoms with Gasteiger partial charge in [0.05, 0.1) is 10.6 Å². The van der Waals surface area contributed by atoms with E-state index in [0.717, 1.165) is 9.87 Å². The molecule has 3 aromatic carbocycles. The second kappa shape index (κ2) is 13.3. The van der Waals surface area contributed by atoms with Crippen LogP contribution in [0.25, 0.3) is 0 Å². The normalized spacial score (nSPS) is 12.2. The van der Waals surface area contributed by atoms with Gasteiger partial charge >= 0.3 is 0 Å². The number of sulfonamides is 1. The maximum absolute atomic E-state index is 14.0. The lowest BCUT2D eigenvalue weighted by molar-refractivity contribution is -0.140. The van der Waals surface area contributed by atoms with Crippen molar-refractivity contribution >= 4 is 50.7 Å². The van der Waals surface area contributed by atoms with Crippen molar-refractivity contribution in [3.8, 4) is 0 Å². The minimum Gasteiger partial charge on any atom is -0.352 e. The fourth-order valence-corrected chi connectivity index (χ4v) is 5.89. The Morgan fingerprint density at radius 1 is 0.923 bits per heavy atom. The Morgan fingerprint density at radius 3 is 2.15 bits per heavy atom. The summed E-state index contributed by atoms with van der Waals surface area (Å²) in [6, 6.07) is 18.7. The van der Waals surface area contributed by atoms with Gasteiger partial charge < -0.3 is 10.2 Å². The summed E-state index contributed by atoms with van der Waals surface area (Å²) < 4.78 is 28.7. The van der Waals surface area contributed by atoms with Crippen molar-refractivity contribution < 1.29 is 18.0 Å². The highest BCUT2D eigenvalue weighted by Gasteiger charge is 2.34. The standard InChI is InChI=1S/C29H33Cl2N3O4S/c1-5-27(29(36)32-20(2)3)33(18-22-11-9-10-14-25(22)30)28(35)19-34(23-16-15-21(4)26(31)17-23)39(37,38)24-12-7-6-8-13-24/h6-17,20,27H,5,18-19H2,1-4H3,(H,32,36). The van der Waals surface area contributed by atoms with Gasteiger partial charge in [-0.3, -0.25) is 13.9 Å². The van der Waals surface area contributed by atoms with E-state index in [9.17, 15) is 18.0 Å². The number of carbonyl (C=O) groups excluding carboxylic acids is 2. The van der Waals surface area contributed by atoms with Crippen LogP contribution in [0.2, 0.25) is 10.0 Å². The molecule has 0 aromatic heterocycles. The number of nitrogens with zero attached hydrogens (tertiary/aromatic N) is 2. The summed E-state index contributed by atoms with van der Waals surface area (Å²) in [5.74, 6) is -0.888. The number of anilines is 1. The van der Waals surface area contributed by atoms with E-state index in [1.54, 1.807) is 68.4 Å². The van der Waals surface area contributed by atoms with Gasteiger partial charge in [0.15, 0.2) is 0 Å². The third-order valence-electron chi connectivity index (χ3n) is 6.17. The zero-order chi connectivity index (χ0) is 28.7. The molecule has 1 atom stereocenters. The Morgan fingerprint density at radius 2 is 1.56 bits per heavy atom. The first-order valence-corrected chi connectivity index (χ1v) is 14.8. The molecule has 0 saturated carbocycles. The molecule has 0 aliphatic carbocycles. The zero-order valence-electron chi connectivity index (χ0n) is 22.4. The van der Waals surface area contributed by atoms with Crippen LogP contribution in [0.5, 0.6) is 0 Å². The lowest BCUT2D eigenvalue weighted by atomic mass is 10.1. The highest BCUT2D eigenvalue weighted by atomic mass is 35.5. The van der Waals surface area contributed by atoms with Crippen molar-refractivity contribution in [3.05, 3.63) is 94.0 Å². The van der Waals surface area contributed by atoms with Gasteiger partial charge in [-0.2, -0.15) is 0 Å². The van der Waals surface area contributed by atoms with Gasteiger partial charge in [0, 0.05) is 22.6 Å². The smallest absolute Gasteiger partial charge is 0.264 e. The molecule has 0 aliphatic heterocycles. The van der Waals surface area contributed by atoms with E-state index < -0.39 is 28.5 Å². The average molecular weight is 591 g/mol. The first kappa shape index (κ1) is 30.5. The van der Waals surface area contributed by atoms with Gasteiger partial charge in [-0.25, -0.2) is 8.42 Å². The number of nitrogens with one attached hydrogen (secondary N) is 1. The second-order valence-corrected chi connectivity index (χ2v) is 12.1. The van der Waals surface area contributed by atoms with E-state index in [2.05, 4.69) is 5.32 Å². The summed E-state index contributed by atoms with van der Waals surface area (Å²) in [6.45, 7) is 6.75. The van der Waals surface area contributed by atoms with Crippen molar-refractivity contribution in [1.29, 1.82) is 0 Å². The Kier molecular flexibility index (Phi) is 10.4. The Bertz CT molecular complexity index is 1420. The number of benzene rings is 3. The lowest BCUT2D eigenvalue weighted by Gasteiger charge is -2.33. The van der Waals surface area contributed by atoms with Crippen LogP contribution in [0.3, 0.4) is 0 Å². The summed E-state index contributed by atoms with van der Waals surface area (Å²) in [5.41, 5.74) is 1.64. The van der Waals surface area contributed by atoms with E-state index in [0.29, 0.717) is 22.0 Å². The molecule has 0 radical (unpaired) electrons. The van der Waals surface area contributed by atoms with E-state index in [4.69, 9.17) is 23.2 Å². The molecule has 0 aliphatic rings. The molecule has 208 valence electrons. The predicted octanol–water partition coefficient (Wildman–Crippen LogP) is 5.83. The summed E-state index contributed by atoms with van der Waals surface area (Å²) in [6.07, 6.45) is 0.316. The molecular formula is C29H33Cl2N3O4S. The number of hydrogen-bond donors (Lipinski definition) is 1. The van der Waals surface area contributed by atoms with E-state index >= 15 is 0 Å². The molecule has 3 aromatic rings. The molecule has 0 spiro atoms. The number of rotatable bonds is 11. The van der Waals surface area contributed by atoms with Gasteiger partial charge in [0.1, 0.15) is 12.6 Å². The maximum atomic E-state index is 14.0. The molecule has 0 saturated heterocycles. The minimum absolute atomic E-state index is 0.0242. The fraction of sp³-hybridized carbons (Fsp3) is 0.310. The molecule has 1 N–H and O–H groups in total. The number of carbonyl (C=O) groups is 2. The van der Waals surface area contributed by atoms with Crippen LogP contribution in [0.1, 0.15) is 38.3 Å². The SMILES string of the molecule is CCC(C(=O)NC(C)C)N(Cc1ccccc1Cl)C(=O)CN(c1ccc(C)c(Cl)c1)S(=O)(=O)c1ccccc1. The quantitative estimate of drug-likeness (QED) is 0.305. The predicted molar refractivity (Wildman–Crippen MR) is 157 cm³/mol. The average Bonchev–Trinajstić information content (AvgIpc) is 2.89. The number of halogens is 2. The molecule has 0 heterocycles. The third-order valence-corrected chi connectivity index (χ3v) is 8.73. The van der Waals surface area contributed by atoms with E-state index in [1.807, 2.05) is 13.8 Å². The van der Waals surface area contributed by atoms with Crippen LogP contribution < -0.4 is 9.62 Å². The summed E-state index contributed by atoms with van der Waals surface area (Å²) in [7, 11) is -4.16. The van der Waals surface area contributed by atoms with Crippen LogP contribution in [0.15, 0.2) is 77.7 Å². The van der Waals surface area contributed by atoms with Crippen molar-refractivity contribution in [2.24, 2.45) is 0 Å². The molecule has 0 fully saturated rings. The topological polar surface area (TPSA) is 86.8 Å². The first-order chi connectivity index (χ1) is 18.4. The second-order valence-electron chi connectivity index (χ2n) is 9.46. The molecule has 1 unspecified atom stereocenters. The highest BCUT2D eigenvalue weighted by Crippen LogP contribution is 2.29. The van der Waals surface area contributed by atoms with Gasteiger partial charge in [0.2, 0.25) is 11.8 Å². The van der Waals surface area contributed by atoms with E-state index in [1.165, 1.54) is 23.1 Å². The fourth-order valence-electron chi connectivity index (χ4n) is 4.10. The molecule has 10 heteroatoms. The van der Waals surface area contributed by atoms with Crippen LogP contribution in [0.4, 0.5) is 5.69 Å². The molecule has 7 nitrogen and oxygen atoms in total. The van der Waals surface area contributed by atoms with Crippen LogP contribution in [-0.2, 0) is 26.2 Å². The summed E-state index contributed by atoms with van der Waals surface area (Å²) >= 11 is 12.8. The maximum Gasteiger partial charge on any atom is 0.264 e. The van der Waals surface area contributed by atoms with Crippen LogP contribution in [-0.4, -0.2) is 43.8 Å². The van der Waals surface area contributed by atoms with Gasteiger partial charge in [-0.05, 0) is 68.7 Å². The van der Waals surface area contributed by atoms with Crippen molar-refractivity contribution in [2.45, 2.75) is 57.6 Å². The van der Waals surface area contributed by atoms with Gasteiger partial charge in [-0.15, -0.1) is 0 Å². The molecule has 39 heavy (non-hydrogen) atoms. The minimum atomic E-state index is -4.16. The molecule has 2 amide bonds. The van der Waals surface area contributed by atoms with Crippen molar-refractivity contribution in [2.75, 3.05) is 10.8 Å². The zero-order valence-corrected chi connectivity index (χ0v) is 24.7. The summed E-state index contributed by atoms with van der Waals surface area (Å²) in [5, 5.41) is 3.67. The Hall–Kier alpha value is -3.07. The van der Waals surface area contributed by atoms with E-state index in [-0.39, 0.29) is 29.1 Å². The monoisotopic (exact) mass is 589 g/mol. The van der Waals surface area contributed by atoms with Gasteiger partial charge in [0.25, 0.3) is 10.0 Å². The molecule has 3 rings (SSSR count). The molecular weight excluding hydrogens is 557 g/mol. The van der Waals surface area contributed by atoms with Gasteiger partial charge in [-0.1, -0.05) is 72.6 Å². The lowest BCUT2D eigenvalue weighted by Crippen LogP contribution is -2.53.